The molecule has 6 N–H and O–H groups in total. The van der Waals surface area contributed by atoms with E-state index in [9.17, 15) is 29.2 Å². The van der Waals surface area contributed by atoms with E-state index in [4.69, 9.17) is 55.7 Å². The Morgan fingerprint density at radius 2 is 1.12 bits per heavy atom. The van der Waals surface area contributed by atoms with Gasteiger partial charge in [0.15, 0.2) is 0 Å². The lowest BCUT2D eigenvalue weighted by atomic mass is 9.74. The number of carbonyl (C=O) groups excluding carboxylic acids is 4. The molecule has 2 aromatic carbocycles. The van der Waals surface area contributed by atoms with Crippen molar-refractivity contribution in [2.75, 3.05) is 13.1 Å². The van der Waals surface area contributed by atoms with Crippen molar-refractivity contribution in [2.24, 2.45) is 11.8 Å². The van der Waals surface area contributed by atoms with Gasteiger partial charge < -0.3 is 40.6 Å². The fraction of sp³-hybridized carbons (Fsp3) is 0.529. The number of nitrogens with one attached hydrogen (secondary N) is 4. The standard InChI is InChI=1S/C20H29BCl2N2O4.C14H19BCl2N2O4/c1-12(2)9-16(21-28-19(3,4)20(5,6)29-21)25-17(26)11-24-18(27)14-10-13(22)7-8-15(14)23;1-8(2)5-12(15(22)23)19-13(20)7-18-14(21)10-6-9(16)3-4-11(10)17/h7-8,10,12,16H,9,11H2,1-6H3,(H,24,27)(H,25,26);3-4,6,8,12,22-23H,5,7H2,1-2H3,(H,18,21)(H,19,20)/t16-;12-/m00/s1. The minimum absolute atomic E-state index is 0.160. The maximum atomic E-state index is 12.5. The molecule has 0 bridgehead atoms. The van der Waals surface area contributed by atoms with Crippen LogP contribution < -0.4 is 21.3 Å². The molecule has 0 saturated carbocycles. The first-order valence-electron chi connectivity index (χ1n) is 16.8. The van der Waals surface area contributed by atoms with Crippen LogP contribution >= 0.6 is 46.4 Å². The van der Waals surface area contributed by atoms with Crippen LogP contribution in [0.5, 0.6) is 0 Å². The molecule has 18 heteroatoms. The number of amides is 4. The van der Waals surface area contributed by atoms with E-state index in [0.29, 0.717) is 28.8 Å². The summed E-state index contributed by atoms with van der Waals surface area (Å²) < 4.78 is 12.2. The van der Waals surface area contributed by atoms with Crippen LogP contribution in [0, 0.1) is 11.8 Å². The largest absolute Gasteiger partial charge is 0.481 e. The normalized spacial score (nSPS) is 15.7. The Balaban J connectivity index is 0.000000371. The second kappa shape index (κ2) is 20.2. The van der Waals surface area contributed by atoms with Gasteiger partial charge in [-0.15, -0.1) is 0 Å². The number of halogens is 4. The average Bonchev–Trinajstić information content (AvgIpc) is 3.26. The van der Waals surface area contributed by atoms with Gasteiger partial charge in [0.2, 0.25) is 11.8 Å². The number of hydrogen-bond donors (Lipinski definition) is 6. The highest BCUT2D eigenvalue weighted by molar-refractivity contribution is 6.48. The molecule has 286 valence electrons. The minimum Gasteiger partial charge on any atom is -0.426 e. The van der Waals surface area contributed by atoms with E-state index >= 15 is 0 Å². The van der Waals surface area contributed by atoms with Crippen LogP contribution in [-0.2, 0) is 18.9 Å². The molecule has 1 aliphatic rings. The van der Waals surface area contributed by atoms with Crippen LogP contribution in [-0.4, -0.2) is 84.1 Å². The molecule has 1 aliphatic heterocycles. The van der Waals surface area contributed by atoms with E-state index in [1.807, 2.05) is 41.5 Å². The zero-order valence-corrected chi connectivity index (χ0v) is 33.6. The molecule has 52 heavy (non-hydrogen) atoms. The minimum atomic E-state index is -1.67. The molecule has 2 atom stereocenters. The number of carbonyl (C=O) groups is 4. The summed E-state index contributed by atoms with van der Waals surface area (Å²) in [5.41, 5.74) is -0.603. The molecular formula is C34H48B2Cl4N4O8. The van der Waals surface area contributed by atoms with Gasteiger partial charge in [-0.2, -0.15) is 0 Å². The van der Waals surface area contributed by atoms with Gasteiger partial charge in [-0.1, -0.05) is 74.1 Å². The highest BCUT2D eigenvalue weighted by atomic mass is 35.5. The van der Waals surface area contributed by atoms with Gasteiger partial charge in [0.05, 0.1) is 57.3 Å². The van der Waals surface area contributed by atoms with Crippen molar-refractivity contribution in [1.82, 2.24) is 21.3 Å². The lowest BCUT2D eigenvalue weighted by Crippen LogP contribution is -2.51. The van der Waals surface area contributed by atoms with Crippen LogP contribution in [0.1, 0.15) is 88.9 Å². The van der Waals surface area contributed by atoms with Crippen molar-refractivity contribution >= 4 is 84.3 Å². The van der Waals surface area contributed by atoms with Crippen LogP contribution in [0.15, 0.2) is 36.4 Å². The smallest absolute Gasteiger partial charge is 0.426 e. The molecule has 1 saturated heterocycles. The molecule has 2 aromatic rings. The highest BCUT2D eigenvalue weighted by Gasteiger charge is 2.54. The molecule has 4 amide bonds. The van der Waals surface area contributed by atoms with Crippen molar-refractivity contribution in [3.63, 3.8) is 0 Å². The third-order valence-electron chi connectivity index (χ3n) is 8.27. The van der Waals surface area contributed by atoms with Crippen molar-refractivity contribution in [1.29, 1.82) is 0 Å². The fourth-order valence-corrected chi connectivity index (χ4v) is 5.68. The average molecular weight is 804 g/mol. The third-order valence-corrected chi connectivity index (χ3v) is 9.40. The fourth-order valence-electron chi connectivity index (χ4n) is 4.93. The Morgan fingerprint density at radius 3 is 1.50 bits per heavy atom. The Hall–Kier alpha value is -2.55. The van der Waals surface area contributed by atoms with Gasteiger partial charge in [-0.25, -0.2) is 0 Å². The Morgan fingerprint density at radius 1 is 0.712 bits per heavy atom. The summed E-state index contributed by atoms with van der Waals surface area (Å²) >= 11 is 23.7. The van der Waals surface area contributed by atoms with Gasteiger partial charge in [-0.3, -0.25) is 19.2 Å². The van der Waals surface area contributed by atoms with Crippen molar-refractivity contribution in [3.05, 3.63) is 67.6 Å². The first kappa shape index (κ1) is 45.6. The Kier molecular flexibility index (Phi) is 17.7. The van der Waals surface area contributed by atoms with E-state index in [0.717, 1.165) is 0 Å². The zero-order valence-electron chi connectivity index (χ0n) is 30.6. The predicted molar refractivity (Wildman–Crippen MR) is 207 cm³/mol. The van der Waals surface area contributed by atoms with Crippen molar-refractivity contribution < 1.29 is 38.5 Å². The van der Waals surface area contributed by atoms with E-state index in [-0.39, 0.29) is 52.0 Å². The quantitative estimate of drug-likeness (QED) is 0.142. The van der Waals surface area contributed by atoms with Crippen LogP contribution in [0.3, 0.4) is 0 Å². The highest BCUT2D eigenvalue weighted by Crippen LogP contribution is 2.38. The summed E-state index contributed by atoms with van der Waals surface area (Å²) in [5.74, 6) is -2.53. The SMILES string of the molecule is CC(C)C[C@H](NC(=O)CNC(=O)c1cc(Cl)ccc1Cl)B(O)O.CC(C)C[C@H](NC(=O)CNC(=O)c1cc(Cl)ccc1Cl)B1OC(C)(C)C(C)(C)O1. The maximum Gasteiger partial charge on any atom is 0.481 e. The predicted octanol–water partition coefficient (Wildman–Crippen LogP) is 5.15. The first-order valence-corrected chi connectivity index (χ1v) is 18.3. The molecule has 3 rings (SSSR count). The van der Waals surface area contributed by atoms with Crippen LogP contribution in [0.4, 0.5) is 0 Å². The number of rotatable bonds is 14. The molecular weight excluding hydrogens is 756 g/mol. The van der Waals surface area contributed by atoms with Crippen molar-refractivity contribution in [2.45, 2.75) is 91.3 Å². The van der Waals surface area contributed by atoms with Crippen molar-refractivity contribution in [3.8, 4) is 0 Å². The summed E-state index contributed by atoms with van der Waals surface area (Å²) in [6.45, 7) is 15.3. The molecule has 1 fully saturated rings. The van der Waals surface area contributed by atoms with Gasteiger partial charge in [-0.05, 0) is 88.8 Å². The second-order valence-corrected chi connectivity index (χ2v) is 15.9. The molecule has 1 heterocycles. The third kappa shape index (κ3) is 14.4. The van der Waals surface area contributed by atoms with Gasteiger partial charge in [0.1, 0.15) is 0 Å². The number of benzene rings is 2. The van der Waals surface area contributed by atoms with E-state index in [1.54, 1.807) is 12.1 Å². The summed E-state index contributed by atoms with van der Waals surface area (Å²) in [5, 5.41) is 30.1. The summed E-state index contributed by atoms with van der Waals surface area (Å²) in [4.78, 5) is 48.6. The number of hydrogen-bond acceptors (Lipinski definition) is 8. The lowest BCUT2D eigenvalue weighted by molar-refractivity contribution is -0.121. The van der Waals surface area contributed by atoms with Crippen LogP contribution in [0.2, 0.25) is 20.1 Å². The molecule has 0 unspecified atom stereocenters. The first-order chi connectivity index (χ1) is 24.0. The molecule has 12 nitrogen and oxygen atoms in total. The topological polar surface area (TPSA) is 175 Å². The van der Waals surface area contributed by atoms with Gasteiger partial charge >= 0.3 is 14.2 Å². The summed E-state index contributed by atoms with van der Waals surface area (Å²) in [6, 6.07) is 9.02. The van der Waals surface area contributed by atoms with Crippen LogP contribution in [0.25, 0.3) is 0 Å². The molecule has 0 aromatic heterocycles. The Labute approximate surface area is 326 Å². The van der Waals surface area contributed by atoms with E-state index < -0.39 is 49.1 Å². The van der Waals surface area contributed by atoms with Gasteiger partial charge in [0, 0.05) is 10.0 Å². The monoisotopic (exact) mass is 802 g/mol. The zero-order chi connectivity index (χ0) is 39.6. The summed E-state index contributed by atoms with van der Waals surface area (Å²) in [7, 11) is -2.23. The van der Waals surface area contributed by atoms with Gasteiger partial charge in [0.25, 0.3) is 11.8 Å². The van der Waals surface area contributed by atoms with E-state index in [1.165, 1.54) is 24.3 Å². The molecule has 0 radical (unpaired) electrons. The Bertz CT molecular complexity index is 1550. The van der Waals surface area contributed by atoms with E-state index in [2.05, 4.69) is 35.1 Å². The second-order valence-electron chi connectivity index (χ2n) is 14.3. The molecule has 0 aliphatic carbocycles. The maximum absolute atomic E-state index is 12.5. The molecule has 0 spiro atoms. The summed E-state index contributed by atoms with van der Waals surface area (Å²) in [6.07, 6.45) is 1.08. The lowest BCUT2D eigenvalue weighted by Gasteiger charge is -2.32.